The summed E-state index contributed by atoms with van der Waals surface area (Å²) in [4.78, 5) is 14.2. The van der Waals surface area contributed by atoms with Crippen LogP contribution in [0.5, 0.6) is 17.2 Å². The Morgan fingerprint density at radius 2 is 1.35 bits per heavy atom. The van der Waals surface area contributed by atoms with E-state index >= 15 is 0 Å². The van der Waals surface area contributed by atoms with Gasteiger partial charge in [-0.15, -0.1) is 0 Å². The summed E-state index contributed by atoms with van der Waals surface area (Å²) in [6.45, 7) is 2.14. The first-order valence-corrected chi connectivity index (χ1v) is 14.6. The lowest BCUT2D eigenvalue weighted by Crippen LogP contribution is -2.68. The van der Waals surface area contributed by atoms with Crippen LogP contribution in [-0.4, -0.2) is 23.4 Å². The number of hydrogen-bond acceptors (Lipinski definition) is 5. The molecule has 3 N–H and O–H groups in total. The number of rotatable bonds is 7. The molecule has 6 heteroatoms. The third-order valence-electron chi connectivity index (χ3n) is 6.94. The molecule has 0 amide bonds. The van der Waals surface area contributed by atoms with E-state index in [4.69, 9.17) is 4.42 Å². The lowest BCUT2D eigenvalue weighted by atomic mass is 10.0. The lowest BCUT2D eigenvalue weighted by molar-refractivity contribution is 0.452. The molecule has 5 aromatic rings. The average Bonchev–Trinajstić information content (AvgIpc) is 2.91. The molecule has 0 saturated heterocycles. The van der Waals surface area contributed by atoms with Crippen LogP contribution in [0, 0.1) is 0 Å². The molecule has 37 heavy (non-hydrogen) atoms. The van der Waals surface area contributed by atoms with E-state index in [-0.39, 0.29) is 33.6 Å². The highest BCUT2D eigenvalue weighted by Gasteiger charge is 2.44. The van der Waals surface area contributed by atoms with Crippen LogP contribution in [0.4, 0.5) is 0 Å². The SMILES string of the molecule is CCCC[Si](c1ccccc1)(c1ccccc1)c1oc2cc(O)cc(O)c2c(=O)c1-c1ccc(O)cc1. The first-order valence-electron chi connectivity index (χ1n) is 12.4. The monoisotopic (exact) mass is 508 g/mol. The Balaban J connectivity index is 2.00. The minimum Gasteiger partial charge on any atom is -0.508 e. The van der Waals surface area contributed by atoms with E-state index in [1.165, 1.54) is 6.07 Å². The predicted octanol–water partition coefficient (Wildman–Crippen LogP) is 4.85. The highest BCUT2D eigenvalue weighted by Crippen LogP contribution is 2.31. The fraction of sp³-hybridized carbons (Fsp3) is 0.129. The van der Waals surface area contributed by atoms with Crippen LogP contribution < -0.4 is 21.2 Å². The molecule has 0 bridgehead atoms. The molecule has 1 heterocycles. The van der Waals surface area contributed by atoms with Crippen LogP contribution in [0.2, 0.25) is 6.04 Å². The van der Waals surface area contributed by atoms with Crippen molar-refractivity contribution < 1.29 is 19.7 Å². The number of benzene rings is 4. The summed E-state index contributed by atoms with van der Waals surface area (Å²) < 4.78 is 6.67. The van der Waals surface area contributed by atoms with Crippen LogP contribution in [-0.2, 0) is 0 Å². The zero-order chi connectivity index (χ0) is 26.0. The van der Waals surface area contributed by atoms with E-state index < -0.39 is 8.07 Å². The van der Waals surface area contributed by atoms with Crippen molar-refractivity contribution in [2.75, 3.05) is 0 Å². The zero-order valence-electron chi connectivity index (χ0n) is 20.5. The molecule has 0 spiro atoms. The number of fused-ring (bicyclic) bond motifs is 1. The van der Waals surface area contributed by atoms with Gasteiger partial charge in [-0.1, -0.05) is 92.6 Å². The summed E-state index contributed by atoms with van der Waals surface area (Å²) in [5.41, 5.74) is 0.722. The number of aromatic hydroxyl groups is 3. The molecule has 186 valence electrons. The molecule has 0 atom stereocenters. The van der Waals surface area contributed by atoms with Crippen molar-refractivity contribution in [2.24, 2.45) is 0 Å². The van der Waals surface area contributed by atoms with Crippen molar-refractivity contribution in [3.8, 4) is 28.4 Å². The van der Waals surface area contributed by atoms with Gasteiger partial charge in [-0.05, 0) is 34.1 Å². The van der Waals surface area contributed by atoms with Crippen LogP contribution >= 0.6 is 0 Å². The van der Waals surface area contributed by atoms with Crippen molar-refractivity contribution in [1.82, 2.24) is 0 Å². The summed E-state index contributed by atoms with van der Waals surface area (Å²) >= 11 is 0. The van der Waals surface area contributed by atoms with Gasteiger partial charge in [0.1, 0.15) is 33.6 Å². The molecule has 0 saturated carbocycles. The molecule has 1 aromatic heterocycles. The third-order valence-corrected chi connectivity index (χ3v) is 11.8. The van der Waals surface area contributed by atoms with Gasteiger partial charge in [-0.2, -0.15) is 0 Å². The van der Waals surface area contributed by atoms with Gasteiger partial charge in [-0.25, -0.2) is 0 Å². The van der Waals surface area contributed by atoms with Crippen molar-refractivity contribution >= 4 is 34.8 Å². The smallest absolute Gasteiger partial charge is 0.204 e. The van der Waals surface area contributed by atoms with Gasteiger partial charge in [0.05, 0.1) is 5.56 Å². The number of unbranched alkanes of at least 4 members (excludes halogenated alkanes) is 1. The topological polar surface area (TPSA) is 90.9 Å². The van der Waals surface area contributed by atoms with E-state index in [1.54, 1.807) is 24.3 Å². The molecule has 0 unspecified atom stereocenters. The minimum atomic E-state index is -2.96. The Kier molecular flexibility index (Phi) is 6.59. The fourth-order valence-electron chi connectivity index (χ4n) is 5.19. The maximum Gasteiger partial charge on any atom is 0.204 e. The summed E-state index contributed by atoms with van der Waals surface area (Å²) in [6.07, 6.45) is 1.88. The van der Waals surface area contributed by atoms with Crippen LogP contribution in [0.25, 0.3) is 22.1 Å². The van der Waals surface area contributed by atoms with Crippen molar-refractivity contribution in [2.45, 2.75) is 25.8 Å². The second-order valence-corrected chi connectivity index (χ2v) is 13.2. The van der Waals surface area contributed by atoms with E-state index in [9.17, 15) is 20.1 Å². The van der Waals surface area contributed by atoms with E-state index in [1.807, 2.05) is 36.4 Å². The summed E-state index contributed by atoms with van der Waals surface area (Å²) in [7, 11) is -2.96. The number of phenolic OH excluding ortho intramolecular Hbond substituents is 3. The van der Waals surface area contributed by atoms with Crippen molar-refractivity contribution in [3.63, 3.8) is 0 Å². The summed E-state index contributed by atoms with van der Waals surface area (Å²) in [6, 6.07) is 30.2. The second kappa shape index (κ2) is 9.99. The first kappa shape index (κ1) is 24.4. The number of phenols is 3. The quantitative estimate of drug-likeness (QED) is 0.274. The maximum atomic E-state index is 14.2. The largest absolute Gasteiger partial charge is 0.508 e. The molecule has 0 aliphatic heterocycles. The van der Waals surface area contributed by atoms with Gasteiger partial charge < -0.3 is 19.7 Å². The van der Waals surface area contributed by atoms with E-state index in [2.05, 4.69) is 31.2 Å². The Labute approximate surface area is 215 Å². The fourth-order valence-corrected chi connectivity index (χ4v) is 10.2. The second-order valence-electron chi connectivity index (χ2n) is 9.26. The highest BCUT2D eigenvalue weighted by molar-refractivity contribution is 7.11. The van der Waals surface area contributed by atoms with Gasteiger partial charge in [0.15, 0.2) is 8.07 Å². The number of hydrogen-bond donors (Lipinski definition) is 3. The van der Waals surface area contributed by atoms with E-state index in [0.29, 0.717) is 16.5 Å². The molecule has 5 nitrogen and oxygen atoms in total. The maximum absolute atomic E-state index is 14.2. The first-order chi connectivity index (χ1) is 18.0. The molecule has 0 radical (unpaired) electrons. The standard InChI is InChI=1S/C31H28O5Si/c1-2-3-18-37(24-10-6-4-7-11-24,25-12-8-5-9-13-25)31-28(21-14-16-22(32)17-15-21)30(35)29-26(34)19-23(33)20-27(29)36-31/h4-17,19-20,32-34H,2-3,18H2,1H3. The predicted molar refractivity (Wildman–Crippen MR) is 150 cm³/mol. The molecular weight excluding hydrogens is 480 g/mol. The highest BCUT2D eigenvalue weighted by atomic mass is 28.3. The van der Waals surface area contributed by atoms with Gasteiger partial charge in [0.2, 0.25) is 5.43 Å². The Bertz CT molecular complexity index is 1550. The molecule has 4 aromatic carbocycles. The zero-order valence-corrected chi connectivity index (χ0v) is 21.5. The summed E-state index contributed by atoms with van der Waals surface area (Å²) in [5.74, 6) is -0.434. The van der Waals surface area contributed by atoms with Crippen LogP contribution in [0.3, 0.4) is 0 Å². The van der Waals surface area contributed by atoms with Crippen LogP contribution in [0.1, 0.15) is 19.8 Å². The van der Waals surface area contributed by atoms with Gasteiger partial charge in [-0.3, -0.25) is 4.79 Å². The average molecular weight is 509 g/mol. The molecule has 0 aliphatic rings. The molecular formula is C31H28O5Si. The van der Waals surface area contributed by atoms with Gasteiger partial charge in [0.25, 0.3) is 0 Å². The molecule has 5 rings (SSSR count). The van der Waals surface area contributed by atoms with Crippen LogP contribution in [0.15, 0.2) is 106 Å². The van der Waals surface area contributed by atoms with E-state index in [0.717, 1.165) is 35.3 Å². The Hall–Kier alpha value is -4.29. The molecule has 0 aliphatic carbocycles. The Morgan fingerprint density at radius 3 is 1.92 bits per heavy atom. The lowest BCUT2D eigenvalue weighted by Gasteiger charge is -2.33. The van der Waals surface area contributed by atoms with Gasteiger partial charge >= 0.3 is 0 Å². The van der Waals surface area contributed by atoms with Crippen molar-refractivity contribution in [1.29, 1.82) is 0 Å². The third kappa shape index (κ3) is 4.30. The normalized spacial score (nSPS) is 11.6. The Morgan fingerprint density at radius 1 is 0.757 bits per heavy atom. The molecule has 0 fully saturated rings. The minimum absolute atomic E-state index is 0.0177. The van der Waals surface area contributed by atoms with Gasteiger partial charge in [0, 0.05) is 12.1 Å². The summed E-state index contributed by atoms with van der Waals surface area (Å²) in [5, 5.41) is 33.7. The van der Waals surface area contributed by atoms with Crippen molar-refractivity contribution in [3.05, 3.63) is 107 Å².